The van der Waals surface area contributed by atoms with Crippen molar-refractivity contribution in [1.29, 1.82) is 0 Å². The van der Waals surface area contributed by atoms with E-state index in [9.17, 15) is 4.79 Å². The number of amides is 1. The van der Waals surface area contributed by atoms with Crippen LogP contribution in [0.25, 0.3) is 0 Å². The van der Waals surface area contributed by atoms with Crippen molar-refractivity contribution in [2.24, 2.45) is 17.3 Å². The third kappa shape index (κ3) is 3.98. The molecule has 3 nitrogen and oxygen atoms in total. The summed E-state index contributed by atoms with van der Waals surface area (Å²) in [6.45, 7) is 8.72. The maximum atomic E-state index is 12.4. The average molecular weight is 255 g/mol. The van der Waals surface area contributed by atoms with E-state index in [-0.39, 0.29) is 29.9 Å². The third-order valence-corrected chi connectivity index (χ3v) is 4.40. The van der Waals surface area contributed by atoms with Crippen molar-refractivity contribution < 1.29 is 9.90 Å². The maximum Gasteiger partial charge on any atom is 0.223 e. The summed E-state index contributed by atoms with van der Waals surface area (Å²) in [4.78, 5) is 12.4. The Hall–Kier alpha value is -0.570. The molecular formula is C15H29NO2. The van der Waals surface area contributed by atoms with Crippen LogP contribution in [-0.4, -0.2) is 23.7 Å². The first-order valence-corrected chi connectivity index (χ1v) is 7.29. The van der Waals surface area contributed by atoms with Gasteiger partial charge in [-0.1, -0.05) is 40.5 Å². The standard InChI is InChI=1S/C15H29NO2/c1-11(2)13(8-10-17)16-14(18)12-7-5-6-9-15(12,3)4/h11-13,17H,5-10H2,1-4H3,(H,16,18). The molecule has 0 heterocycles. The highest BCUT2D eigenvalue weighted by Crippen LogP contribution is 2.40. The number of nitrogens with one attached hydrogen (secondary N) is 1. The molecule has 0 bridgehead atoms. The van der Waals surface area contributed by atoms with Gasteiger partial charge in [-0.05, 0) is 30.6 Å². The second-order valence-corrected chi connectivity index (χ2v) is 6.66. The number of hydrogen-bond donors (Lipinski definition) is 2. The zero-order valence-corrected chi connectivity index (χ0v) is 12.3. The summed E-state index contributed by atoms with van der Waals surface area (Å²) >= 11 is 0. The summed E-state index contributed by atoms with van der Waals surface area (Å²) in [7, 11) is 0. The molecule has 0 aliphatic heterocycles. The molecule has 0 radical (unpaired) electrons. The topological polar surface area (TPSA) is 49.3 Å². The Balaban J connectivity index is 2.62. The van der Waals surface area contributed by atoms with Crippen LogP contribution >= 0.6 is 0 Å². The van der Waals surface area contributed by atoms with Crippen LogP contribution in [0.3, 0.4) is 0 Å². The molecule has 0 aromatic rings. The first kappa shape index (κ1) is 15.5. The van der Waals surface area contributed by atoms with E-state index >= 15 is 0 Å². The molecule has 1 rings (SSSR count). The summed E-state index contributed by atoms with van der Waals surface area (Å²) in [5, 5.41) is 12.2. The highest BCUT2D eigenvalue weighted by molar-refractivity contribution is 5.79. The van der Waals surface area contributed by atoms with Crippen LogP contribution in [0.4, 0.5) is 0 Å². The number of carbonyl (C=O) groups is 1. The summed E-state index contributed by atoms with van der Waals surface area (Å²) in [6.07, 6.45) is 5.19. The first-order chi connectivity index (χ1) is 8.38. The van der Waals surface area contributed by atoms with E-state index in [1.807, 2.05) is 0 Å². The van der Waals surface area contributed by atoms with Crippen molar-refractivity contribution in [2.75, 3.05) is 6.61 Å². The summed E-state index contributed by atoms with van der Waals surface area (Å²) in [6, 6.07) is 0.0974. The Labute approximate surface area is 111 Å². The molecule has 0 aromatic heterocycles. The monoisotopic (exact) mass is 255 g/mol. The first-order valence-electron chi connectivity index (χ1n) is 7.29. The zero-order chi connectivity index (χ0) is 13.8. The lowest BCUT2D eigenvalue weighted by Gasteiger charge is -2.38. The molecule has 3 heteroatoms. The fraction of sp³-hybridized carbons (Fsp3) is 0.933. The third-order valence-electron chi connectivity index (χ3n) is 4.40. The second-order valence-electron chi connectivity index (χ2n) is 6.66. The van der Waals surface area contributed by atoms with Gasteiger partial charge in [0.1, 0.15) is 0 Å². The summed E-state index contributed by atoms with van der Waals surface area (Å²) in [5.74, 6) is 0.686. The Morgan fingerprint density at radius 2 is 2.06 bits per heavy atom. The molecule has 1 saturated carbocycles. The molecule has 1 aliphatic carbocycles. The average Bonchev–Trinajstić information content (AvgIpc) is 2.27. The SMILES string of the molecule is CC(C)C(CCO)NC(=O)C1CCCCC1(C)C. The zero-order valence-electron chi connectivity index (χ0n) is 12.3. The largest absolute Gasteiger partial charge is 0.396 e. The molecular weight excluding hydrogens is 226 g/mol. The maximum absolute atomic E-state index is 12.4. The van der Waals surface area contributed by atoms with Crippen molar-refractivity contribution in [3.8, 4) is 0 Å². The van der Waals surface area contributed by atoms with Crippen LogP contribution in [0.1, 0.15) is 59.8 Å². The minimum atomic E-state index is 0.0974. The van der Waals surface area contributed by atoms with Crippen molar-refractivity contribution in [3.63, 3.8) is 0 Å². The number of rotatable bonds is 5. The summed E-state index contributed by atoms with van der Waals surface area (Å²) < 4.78 is 0. The van der Waals surface area contributed by atoms with E-state index in [1.54, 1.807) is 0 Å². The molecule has 1 amide bonds. The van der Waals surface area contributed by atoms with Gasteiger partial charge in [0.15, 0.2) is 0 Å². The molecule has 18 heavy (non-hydrogen) atoms. The van der Waals surface area contributed by atoms with Gasteiger partial charge in [-0.3, -0.25) is 4.79 Å². The minimum absolute atomic E-state index is 0.0974. The van der Waals surface area contributed by atoms with E-state index in [0.717, 1.165) is 19.3 Å². The van der Waals surface area contributed by atoms with E-state index in [4.69, 9.17) is 5.11 Å². The van der Waals surface area contributed by atoms with Gasteiger partial charge < -0.3 is 10.4 Å². The molecule has 0 saturated heterocycles. The Morgan fingerprint density at radius 1 is 1.39 bits per heavy atom. The van der Waals surface area contributed by atoms with Crippen LogP contribution in [0.15, 0.2) is 0 Å². The Morgan fingerprint density at radius 3 is 2.56 bits per heavy atom. The molecule has 1 aliphatic rings. The van der Waals surface area contributed by atoms with E-state index in [1.165, 1.54) is 6.42 Å². The van der Waals surface area contributed by atoms with Crippen LogP contribution < -0.4 is 5.32 Å². The van der Waals surface area contributed by atoms with Crippen LogP contribution in [0, 0.1) is 17.3 Å². The van der Waals surface area contributed by atoms with Crippen LogP contribution in [-0.2, 0) is 4.79 Å². The highest BCUT2D eigenvalue weighted by Gasteiger charge is 2.37. The number of aliphatic hydroxyl groups excluding tert-OH is 1. The van der Waals surface area contributed by atoms with E-state index in [0.29, 0.717) is 12.3 Å². The molecule has 106 valence electrons. The van der Waals surface area contributed by atoms with Crippen molar-refractivity contribution in [1.82, 2.24) is 5.32 Å². The van der Waals surface area contributed by atoms with Gasteiger partial charge in [-0.25, -0.2) is 0 Å². The molecule has 0 aromatic carbocycles. The van der Waals surface area contributed by atoms with Gasteiger partial charge in [-0.15, -0.1) is 0 Å². The lowest BCUT2D eigenvalue weighted by atomic mass is 9.68. The fourth-order valence-corrected chi connectivity index (χ4v) is 2.97. The highest BCUT2D eigenvalue weighted by atomic mass is 16.3. The number of hydrogen-bond acceptors (Lipinski definition) is 2. The molecule has 2 N–H and O–H groups in total. The Bertz CT molecular complexity index is 274. The van der Waals surface area contributed by atoms with Crippen LogP contribution in [0.5, 0.6) is 0 Å². The minimum Gasteiger partial charge on any atom is -0.396 e. The normalized spacial score (nSPS) is 24.9. The van der Waals surface area contributed by atoms with Gasteiger partial charge in [-0.2, -0.15) is 0 Å². The lowest BCUT2D eigenvalue weighted by molar-refractivity contribution is -0.131. The van der Waals surface area contributed by atoms with Crippen molar-refractivity contribution >= 4 is 5.91 Å². The van der Waals surface area contributed by atoms with E-state index < -0.39 is 0 Å². The van der Waals surface area contributed by atoms with Gasteiger partial charge in [0.2, 0.25) is 5.91 Å². The Kier molecular flexibility index (Phi) is 5.64. The second kappa shape index (κ2) is 6.55. The van der Waals surface area contributed by atoms with E-state index in [2.05, 4.69) is 33.0 Å². The summed E-state index contributed by atoms with van der Waals surface area (Å²) in [5.41, 5.74) is 0.114. The van der Waals surface area contributed by atoms with Crippen molar-refractivity contribution in [2.45, 2.75) is 65.8 Å². The number of carbonyl (C=O) groups excluding carboxylic acids is 1. The van der Waals surface area contributed by atoms with Gasteiger partial charge >= 0.3 is 0 Å². The van der Waals surface area contributed by atoms with Gasteiger partial charge in [0.05, 0.1) is 0 Å². The number of aliphatic hydroxyl groups is 1. The fourth-order valence-electron chi connectivity index (χ4n) is 2.97. The lowest BCUT2D eigenvalue weighted by Crippen LogP contribution is -2.47. The molecule has 2 atom stereocenters. The quantitative estimate of drug-likeness (QED) is 0.793. The van der Waals surface area contributed by atoms with Gasteiger partial charge in [0, 0.05) is 18.6 Å². The van der Waals surface area contributed by atoms with Crippen LogP contribution in [0.2, 0.25) is 0 Å². The molecule has 0 spiro atoms. The molecule has 1 fully saturated rings. The molecule has 2 unspecified atom stereocenters. The predicted octanol–water partition coefficient (Wildman–Crippen LogP) is 2.73. The van der Waals surface area contributed by atoms with Crippen molar-refractivity contribution in [3.05, 3.63) is 0 Å². The van der Waals surface area contributed by atoms with Gasteiger partial charge in [0.25, 0.3) is 0 Å². The smallest absolute Gasteiger partial charge is 0.223 e. The predicted molar refractivity (Wildman–Crippen MR) is 74.2 cm³/mol.